The summed E-state index contributed by atoms with van der Waals surface area (Å²) in [4.78, 5) is 33.9. The summed E-state index contributed by atoms with van der Waals surface area (Å²) in [6, 6.07) is 20.2. The number of piperazine rings is 1. The largest absolute Gasteiger partial charge is 0.492 e. The Labute approximate surface area is 213 Å². The number of aromatic nitrogens is 3. The van der Waals surface area contributed by atoms with Crippen LogP contribution in [-0.2, 0) is 11.8 Å². The Morgan fingerprint density at radius 3 is 2.68 bits per heavy atom. The van der Waals surface area contributed by atoms with Gasteiger partial charge in [-0.25, -0.2) is 4.98 Å². The minimum atomic E-state index is -0.0386. The van der Waals surface area contributed by atoms with Gasteiger partial charge in [-0.2, -0.15) is 0 Å². The first-order valence-corrected chi connectivity index (χ1v) is 12.4. The van der Waals surface area contributed by atoms with Gasteiger partial charge in [0.1, 0.15) is 17.9 Å². The third kappa shape index (κ3) is 4.59. The number of carbonyl (C=O) groups excluding carboxylic acids is 1. The monoisotopic (exact) mass is 493 g/mol. The molecular formula is C29H27N5O3. The smallest absolute Gasteiger partial charge is 0.274 e. The third-order valence-electron chi connectivity index (χ3n) is 6.84. The van der Waals surface area contributed by atoms with Gasteiger partial charge in [-0.15, -0.1) is 0 Å². The summed E-state index contributed by atoms with van der Waals surface area (Å²) in [6.45, 7) is 3.23. The zero-order chi connectivity index (χ0) is 25.4. The van der Waals surface area contributed by atoms with Crippen molar-refractivity contribution in [2.24, 2.45) is 7.05 Å². The molecular weight excluding hydrogens is 466 g/mol. The second-order valence-corrected chi connectivity index (χ2v) is 9.33. The zero-order valence-electron chi connectivity index (χ0n) is 20.5. The van der Waals surface area contributed by atoms with Crippen LogP contribution in [0.15, 0.2) is 77.9 Å². The molecule has 0 radical (unpaired) electrons. The minimum absolute atomic E-state index is 0.0386. The van der Waals surface area contributed by atoms with E-state index in [2.05, 4.69) is 27.3 Å². The molecule has 5 aromatic rings. The molecule has 37 heavy (non-hydrogen) atoms. The molecule has 0 unspecified atom stereocenters. The van der Waals surface area contributed by atoms with E-state index in [-0.39, 0.29) is 11.5 Å². The van der Waals surface area contributed by atoms with E-state index in [1.54, 1.807) is 17.8 Å². The number of hydrogen-bond acceptors (Lipinski definition) is 5. The summed E-state index contributed by atoms with van der Waals surface area (Å²) in [5.41, 5.74) is 5.42. The Morgan fingerprint density at radius 2 is 1.84 bits per heavy atom. The molecule has 186 valence electrons. The van der Waals surface area contributed by atoms with Crippen LogP contribution in [0.5, 0.6) is 5.75 Å². The number of benzene rings is 2. The molecule has 0 atom stereocenters. The SMILES string of the molecule is Cn1cc(-c2ccc3nc(-c4ccc(OCCN5CCNC(=O)C5)cc4)ccc3c2)c2cc[nH]c2c1=O. The van der Waals surface area contributed by atoms with Crippen LogP contribution in [0.2, 0.25) is 0 Å². The lowest BCUT2D eigenvalue weighted by Gasteiger charge is -2.26. The fourth-order valence-corrected chi connectivity index (χ4v) is 4.85. The van der Waals surface area contributed by atoms with Crippen LogP contribution < -0.4 is 15.6 Å². The average Bonchev–Trinajstić information content (AvgIpc) is 3.41. The fraction of sp³-hybridized carbons (Fsp3) is 0.207. The Morgan fingerprint density at radius 1 is 1.00 bits per heavy atom. The van der Waals surface area contributed by atoms with Crippen molar-refractivity contribution >= 4 is 27.7 Å². The van der Waals surface area contributed by atoms with E-state index in [0.717, 1.165) is 57.5 Å². The molecule has 8 nitrogen and oxygen atoms in total. The lowest BCUT2D eigenvalue weighted by atomic mass is 10.0. The zero-order valence-corrected chi connectivity index (χ0v) is 20.5. The Balaban J connectivity index is 1.19. The molecule has 0 bridgehead atoms. The number of aryl methyl sites for hydroxylation is 1. The molecule has 1 amide bonds. The predicted molar refractivity (Wildman–Crippen MR) is 145 cm³/mol. The summed E-state index contributed by atoms with van der Waals surface area (Å²) >= 11 is 0. The van der Waals surface area contributed by atoms with E-state index in [1.165, 1.54) is 0 Å². The van der Waals surface area contributed by atoms with Crippen molar-refractivity contribution in [2.75, 3.05) is 32.8 Å². The van der Waals surface area contributed by atoms with Gasteiger partial charge in [0.15, 0.2) is 0 Å². The highest BCUT2D eigenvalue weighted by Crippen LogP contribution is 2.30. The lowest BCUT2D eigenvalue weighted by molar-refractivity contribution is -0.124. The Bertz CT molecular complexity index is 1670. The molecule has 2 aromatic carbocycles. The summed E-state index contributed by atoms with van der Waals surface area (Å²) in [7, 11) is 1.77. The molecule has 4 heterocycles. The number of carbonyl (C=O) groups is 1. The number of fused-ring (bicyclic) bond motifs is 2. The molecule has 1 aliphatic heterocycles. The molecule has 1 fully saturated rings. The van der Waals surface area contributed by atoms with Crippen LogP contribution in [0, 0.1) is 0 Å². The number of aromatic amines is 1. The van der Waals surface area contributed by atoms with E-state index in [0.29, 0.717) is 25.2 Å². The van der Waals surface area contributed by atoms with Crippen LogP contribution in [0.3, 0.4) is 0 Å². The lowest BCUT2D eigenvalue weighted by Crippen LogP contribution is -2.48. The second kappa shape index (κ2) is 9.55. The van der Waals surface area contributed by atoms with E-state index in [4.69, 9.17) is 9.72 Å². The number of ether oxygens (including phenoxy) is 1. The summed E-state index contributed by atoms with van der Waals surface area (Å²) in [6.07, 6.45) is 3.68. The maximum Gasteiger partial charge on any atom is 0.274 e. The van der Waals surface area contributed by atoms with E-state index >= 15 is 0 Å². The highest BCUT2D eigenvalue weighted by molar-refractivity contribution is 5.97. The quantitative estimate of drug-likeness (QED) is 0.377. The van der Waals surface area contributed by atoms with Gasteiger partial charge in [-0.05, 0) is 54.1 Å². The first kappa shape index (κ1) is 23.0. The first-order valence-electron chi connectivity index (χ1n) is 12.4. The molecule has 6 rings (SSSR count). The van der Waals surface area contributed by atoms with E-state index < -0.39 is 0 Å². The summed E-state index contributed by atoms with van der Waals surface area (Å²) in [5.74, 6) is 0.864. The van der Waals surface area contributed by atoms with Crippen LogP contribution >= 0.6 is 0 Å². The Hall–Kier alpha value is -4.43. The van der Waals surface area contributed by atoms with Crippen LogP contribution in [0.4, 0.5) is 0 Å². The second-order valence-electron chi connectivity index (χ2n) is 9.33. The maximum atomic E-state index is 12.4. The molecule has 0 saturated carbocycles. The van der Waals surface area contributed by atoms with Gasteiger partial charge in [-0.1, -0.05) is 12.1 Å². The van der Waals surface area contributed by atoms with Crippen molar-refractivity contribution in [2.45, 2.75) is 0 Å². The molecule has 0 aliphatic carbocycles. The minimum Gasteiger partial charge on any atom is -0.492 e. The van der Waals surface area contributed by atoms with Gasteiger partial charge < -0.3 is 19.6 Å². The first-order chi connectivity index (χ1) is 18.0. The highest BCUT2D eigenvalue weighted by Gasteiger charge is 2.15. The van der Waals surface area contributed by atoms with Crippen molar-refractivity contribution in [3.05, 3.63) is 83.4 Å². The van der Waals surface area contributed by atoms with Crippen molar-refractivity contribution < 1.29 is 9.53 Å². The number of rotatable bonds is 6. The normalized spacial score (nSPS) is 14.2. The number of hydrogen-bond donors (Lipinski definition) is 2. The number of nitrogens with one attached hydrogen (secondary N) is 2. The molecule has 8 heteroatoms. The van der Waals surface area contributed by atoms with Gasteiger partial charge in [0.25, 0.3) is 5.56 Å². The predicted octanol–water partition coefficient (Wildman–Crippen LogP) is 3.56. The van der Waals surface area contributed by atoms with Crippen LogP contribution in [0.25, 0.3) is 44.2 Å². The molecule has 0 spiro atoms. The van der Waals surface area contributed by atoms with Crippen LogP contribution in [0.1, 0.15) is 0 Å². The fourth-order valence-electron chi connectivity index (χ4n) is 4.85. The van der Waals surface area contributed by atoms with E-state index in [9.17, 15) is 9.59 Å². The highest BCUT2D eigenvalue weighted by atomic mass is 16.5. The van der Waals surface area contributed by atoms with Crippen molar-refractivity contribution in [3.63, 3.8) is 0 Å². The standard InChI is InChI=1S/C29H27N5O3/c1-33-17-24(23-10-11-31-28(23)29(33)36)20-4-8-26-21(16-20)5-9-25(32-26)19-2-6-22(7-3-19)37-15-14-34-13-12-30-27(35)18-34/h2-11,16-17,31H,12-15,18H2,1H3,(H,30,35). The van der Waals surface area contributed by atoms with Gasteiger partial charge in [0, 0.05) is 61.0 Å². The van der Waals surface area contributed by atoms with Gasteiger partial charge in [0.2, 0.25) is 5.91 Å². The van der Waals surface area contributed by atoms with Gasteiger partial charge in [-0.3, -0.25) is 14.5 Å². The average molecular weight is 494 g/mol. The number of nitrogens with zero attached hydrogens (tertiary/aromatic N) is 3. The number of pyridine rings is 2. The van der Waals surface area contributed by atoms with Crippen molar-refractivity contribution in [3.8, 4) is 28.1 Å². The third-order valence-corrected chi connectivity index (χ3v) is 6.84. The van der Waals surface area contributed by atoms with E-state index in [1.807, 2.05) is 54.7 Å². The van der Waals surface area contributed by atoms with Gasteiger partial charge >= 0.3 is 0 Å². The van der Waals surface area contributed by atoms with Crippen LogP contribution in [-0.4, -0.2) is 58.1 Å². The number of amides is 1. The summed E-state index contributed by atoms with van der Waals surface area (Å²) in [5, 5.41) is 4.78. The molecule has 2 N–H and O–H groups in total. The molecule has 3 aromatic heterocycles. The number of H-pyrrole nitrogens is 1. The maximum absolute atomic E-state index is 12.4. The molecule has 1 saturated heterocycles. The van der Waals surface area contributed by atoms with Crippen molar-refractivity contribution in [1.82, 2.24) is 24.8 Å². The topological polar surface area (TPSA) is 92.2 Å². The summed E-state index contributed by atoms with van der Waals surface area (Å²) < 4.78 is 7.49. The van der Waals surface area contributed by atoms with Crippen molar-refractivity contribution in [1.29, 1.82) is 0 Å². The Kier molecular flexibility index (Phi) is 5.94. The van der Waals surface area contributed by atoms with Gasteiger partial charge in [0.05, 0.1) is 17.8 Å². The molecule has 1 aliphatic rings.